The fourth-order valence-corrected chi connectivity index (χ4v) is 3.58. The largest absolute Gasteiger partial charge is 0.496 e. The molecule has 1 saturated carbocycles. The number of Topliss-reactive ketones (excluding diaryl/α,β-unsaturated/α-hetero) is 1. The van der Waals surface area contributed by atoms with E-state index >= 15 is 0 Å². The predicted octanol–water partition coefficient (Wildman–Crippen LogP) is 4.32. The minimum absolute atomic E-state index is 0.102. The van der Waals surface area contributed by atoms with E-state index in [1.54, 1.807) is 14.2 Å². The summed E-state index contributed by atoms with van der Waals surface area (Å²) in [7, 11) is 3.31. The van der Waals surface area contributed by atoms with Crippen LogP contribution in [0.2, 0.25) is 0 Å². The van der Waals surface area contributed by atoms with Gasteiger partial charge in [0.25, 0.3) is 0 Å². The Morgan fingerprint density at radius 2 is 1.22 bits per heavy atom. The highest BCUT2D eigenvalue weighted by Gasteiger charge is 2.35. The highest BCUT2D eigenvalue weighted by Crippen LogP contribution is 2.43. The molecule has 1 fully saturated rings. The second-order valence-electron chi connectivity index (χ2n) is 5.92. The fourth-order valence-electron chi connectivity index (χ4n) is 3.58. The number of ether oxygens (including phenoxy) is 2. The van der Waals surface area contributed by atoms with Crippen LogP contribution in [0.4, 0.5) is 0 Å². The van der Waals surface area contributed by atoms with Crippen molar-refractivity contribution in [1.29, 1.82) is 0 Å². The lowest BCUT2D eigenvalue weighted by Crippen LogP contribution is -2.26. The van der Waals surface area contributed by atoms with Gasteiger partial charge in [0, 0.05) is 23.0 Å². The van der Waals surface area contributed by atoms with E-state index in [0.717, 1.165) is 41.9 Å². The maximum atomic E-state index is 13.2. The van der Waals surface area contributed by atoms with Crippen molar-refractivity contribution in [3.63, 3.8) is 0 Å². The summed E-state index contributed by atoms with van der Waals surface area (Å²) < 4.78 is 10.9. The zero-order valence-electron chi connectivity index (χ0n) is 13.6. The summed E-state index contributed by atoms with van der Waals surface area (Å²) in [6.45, 7) is 0. The van der Waals surface area contributed by atoms with E-state index in [4.69, 9.17) is 9.47 Å². The molecule has 0 heterocycles. The summed E-state index contributed by atoms with van der Waals surface area (Å²) in [6.07, 6.45) is 2.78. The quantitative estimate of drug-likeness (QED) is 0.843. The van der Waals surface area contributed by atoms with Crippen molar-refractivity contribution in [3.8, 4) is 11.5 Å². The summed E-state index contributed by atoms with van der Waals surface area (Å²) in [5.74, 6) is 1.66. The Hall–Kier alpha value is -2.29. The van der Waals surface area contributed by atoms with E-state index in [0.29, 0.717) is 0 Å². The number of ketones is 1. The van der Waals surface area contributed by atoms with Crippen LogP contribution < -0.4 is 9.47 Å². The molecule has 0 aromatic heterocycles. The average molecular weight is 310 g/mol. The molecule has 3 nitrogen and oxygen atoms in total. The van der Waals surface area contributed by atoms with Gasteiger partial charge in [-0.1, -0.05) is 42.8 Å². The molecule has 3 heteroatoms. The Labute approximate surface area is 137 Å². The molecule has 0 spiro atoms. The van der Waals surface area contributed by atoms with Gasteiger partial charge in [-0.2, -0.15) is 0 Å². The molecule has 0 amide bonds. The summed E-state index contributed by atoms with van der Waals surface area (Å²) in [5.41, 5.74) is 2.00. The smallest absolute Gasteiger partial charge is 0.148 e. The monoisotopic (exact) mass is 310 g/mol. The first kappa shape index (κ1) is 15.6. The molecule has 1 aliphatic rings. The SMILES string of the molecule is COc1ccccc1[C@@H]1CCC[C@H](c2ccccc2OC)C1=O. The molecule has 0 N–H and O–H groups in total. The summed E-state index contributed by atoms with van der Waals surface area (Å²) in [6, 6.07) is 15.7. The number of carbonyl (C=O) groups excluding carboxylic acids is 1. The van der Waals surface area contributed by atoms with Crippen LogP contribution in [0, 0.1) is 0 Å². The molecule has 2 atom stereocenters. The minimum Gasteiger partial charge on any atom is -0.496 e. The maximum absolute atomic E-state index is 13.2. The molecule has 23 heavy (non-hydrogen) atoms. The Kier molecular flexibility index (Phi) is 4.65. The zero-order chi connectivity index (χ0) is 16.2. The fraction of sp³-hybridized carbons (Fsp3) is 0.350. The Morgan fingerprint density at radius 3 is 1.65 bits per heavy atom. The van der Waals surface area contributed by atoms with E-state index < -0.39 is 0 Å². The van der Waals surface area contributed by atoms with E-state index in [1.807, 2.05) is 48.5 Å². The van der Waals surface area contributed by atoms with Crippen molar-refractivity contribution in [2.24, 2.45) is 0 Å². The molecule has 120 valence electrons. The lowest BCUT2D eigenvalue weighted by atomic mass is 9.74. The van der Waals surface area contributed by atoms with Crippen LogP contribution in [0.5, 0.6) is 11.5 Å². The van der Waals surface area contributed by atoms with Gasteiger partial charge >= 0.3 is 0 Å². The van der Waals surface area contributed by atoms with Crippen molar-refractivity contribution < 1.29 is 14.3 Å². The first-order chi connectivity index (χ1) is 11.3. The van der Waals surface area contributed by atoms with Crippen LogP contribution in [-0.2, 0) is 4.79 Å². The van der Waals surface area contributed by atoms with E-state index in [-0.39, 0.29) is 17.6 Å². The highest BCUT2D eigenvalue weighted by atomic mass is 16.5. The third kappa shape index (κ3) is 2.96. The Morgan fingerprint density at radius 1 is 0.783 bits per heavy atom. The van der Waals surface area contributed by atoms with E-state index in [1.165, 1.54) is 0 Å². The summed E-state index contributed by atoms with van der Waals surface area (Å²) >= 11 is 0. The third-order valence-electron chi connectivity index (χ3n) is 4.70. The van der Waals surface area contributed by atoms with Crippen molar-refractivity contribution in [2.45, 2.75) is 31.1 Å². The molecule has 0 radical (unpaired) electrons. The molecular weight excluding hydrogens is 288 g/mol. The summed E-state index contributed by atoms with van der Waals surface area (Å²) in [4.78, 5) is 13.2. The maximum Gasteiger partial charge on any atom is 0.148 e. The number of para-hydroxylation sites is 2. The van der Waals surface area contributed by atoms with Crippen LogP contribution in [0.15, 0.2) is 48.5 Å². The zero-order valence-corrected chi connectivity index (χ0v) is 13.6. The van der Waals surface area contributed by atoms with Crippen molar-refractivity contribution in [1.82, 2.24) is 0 Å². The number of carbonyl (C=O) groups is 1. The van der Waals surface area contributed by atoms with Crippen molar-refractivity contribution >= 4 is 5.78 Å². The lowest BCUT2D eigenvalue weighted by Gasteiger charge is -2.30. The van der Waals surface area contributed by atoms with E-state index in [2.05, 4.69) is 0 Å². The number of methoxy groups -OCH3 is 2. The second kappa shape index (κ2) is 6.86. The third-order valence-corrected chi connectivity index (χ3v) is 4.70. The van der Waals surface area contributed by atoms with Gasteiger partial charge in [-0.05, 0) is 25.0 Å². The Bertz CT molecular complexity index is 635. The molecule has 0 bridgehead atoms. The van der Waals surface area contributed by atoms with Gasteiger partial charge in [0.2, 0.25) is 0 Å². The molecule has 0 aliphatic heterocycles. The average Bonchev–Trinajstić information content (AvgIpc) is 2.62. The van der Waals surface area contributed by atoms with E-state index in [9.17, 15) is 4.79 Å². The van der Waals surface area contributed by atoms with Gasteiger partial charge in [0.05, 0.1) is 14.2 Å². The number of rotatable bonds is 4. The molecule has 1 aliphatic carbocycles. The normalized spacial score (nSPS) is 21.0. The van der Waals surface area contributed by atoms with Gasteiger partial charge in [-0.15, -0.1) is 0 Å². The first-order valence-electron chi connectivity index (χ1n) is 8.05. The van der Waals surface area contributed by atoms with Gasteiger partial charge in [0.1, 0.15) is 17.3 Å². The second-order valence-corrected chi connectivity index (χ2v) is 5.92. The molecular formula is C20H22O3. The minimum atomic E-state index is -0.102. The molecule has 0 unspecified atom stereocenters. The molecule has 2 aromatic carbocycles. The number of hydrogen-bond acceptors (Lipinski definition) is 3. The highest BCUT2D eigenvalue weighted by molar-refractivity contribution is 5.93. The van der Waals surface area contributed by atoms with Crippen LogP contribution >= 0.6 is 0 Å². The topological polar surface area (TPSA) is 35.5 Å². The van der Waals surface area contributed by atoms with Gasteiger partial charge in [0.15, 0.2) is 0 Å². The molecule has 0 saturated heterocycles. The van der Waals surface area contributed by atoms with Crippen molar-refractivity contribution in [2.75, 3.05) is 14.2 Å². The van der Waals surface area contributed by atoms with Gasteiger partial charge in [-0.3, -0.25) is 4.79 Å². The van der Waals surface area contributed by atoms with Crippen LogP contribution in [0.25, 0.3) is 0 Å². The molecule has 3 rings (SSSR count). The standard InChI is InChI=1S/C20H22O3/c1-22-18-12-5-3-8-14(18)16-10-7-11-17(20(16)21)15-9-4-6-13-19(15)23-2/h3-6,8-9,12-13,16-17H,7,10-11H2,1-2H3/t16-,17+. The lowest BCUT2D eigenvalue weighted by molar-refractivity contribution is -0.123. The van der Waals surface area contributed by atoms with Crippen LogP contribution in [0.3, 0.4) is 0 Å². The number of hydrogen-bond donors (Lipinski definition) is 0. The van der Waals surface area contributed by atoms with Gasteiger partial charge in [-0.25, -0.2) is 0 Å². The first-order valence-corrected chi connectivity index (χ1v) is 8.05. The van der Waals surface area contributed by atoms with Crippen LogP contribution in [0.1, 0.15) is 42.2 Å². The molecule has 2 aromatic rings. The van der Waals surface area contributed by atoms with Gasteiger partial charge < -0.3 is 9.47 Å². The number of benzene rings is 2. The Balaban J connectivity index is 1.95. The van der Waals surface area contributed by atoms with Crippen LogP contribution in [-0.4, -0.2) is 20.0 Å². The van der Waals surface area contributed by atoms with Crippen molar-refractivity contribution in [3.05, 3.63) is 59.7 Å². The summed E-state index contributed by atoms with van der Waals surface area (Å²) in [5, 5.41) is 0. The predicted molar refractivity (Wildman–Crippen MR) is 90.3 cm³/mol.